The van der Waals surface area contributed by atoms with Crippen LogP contribution < -0.4 is 14.8 Å². The Morgan fingerprint density at radius 1 is 1.35 bits per heavy atom. The summed E-state index contributed by atoms with van der Waals surface area (Å²) in [5, 5.41) is 2.35. The molecule has 2 N–H and O–H groups in total. The lowest BCUT2D eigenvalue weighted by Crippen LogP contribution is -2.92. The third-order valence-corrected chi connectivity index (χ3v) is 3.21. The van der Waals surface area contributed by atoms with E-state index in [0.29, 0.717) is 12.6 Å². The van der Waals surface area contributed by atoms with Gasteiger partial charge in [-0.3, -0.25) is 0 Å². The highest BCUT2D eigenvalue weighted by Crippen LogP contribution is 2.31. The lowest BCUT2D eigenvalue weighted by molar-refractivity contribution is -0.693. The normalized spacial score (nSPS) is 20.0. The molecule has 0 saturated heterocycles. The molecule has 1 aliphatic heterocycles. The van der Waals surface area contributed by atoms with Gasteiger partial charge >= 0.3 is 0 Å². The first-order valence-electron chi connectivity index (χ1n) is 6.53. The van der Waals surface area contributed by atoms with Gasteiger partial charge in [-0.05, 0) is 25.5 Å². The maximum absolute atomic E-state index is 5.97. The van der Waals surface area contributed by atoms with Crippen LogP contribution in [0.5, 0.6) is 11.5 Å². The van der Waals surface area contributed by atoms with Crippen LogP contribution in [-0.4, -0.2) is 25.3 Å². The van der Waals surface area contributed by atoms with Gasteiger partial charge in [0.05, 0.1) is 6.54 Å². The molecular formula is C14H22NO2+. The largest absolute Gasteiger partial charge is 0.486 e. The summed E-state index contributed by atoms with van der Waals surface area (Å²) in [4.78, 5) is 0. The number of rotatable bonds is 5. The summed E-state index contributed by atoms with van der Waals surface area (Å²) >= 11 is 0. The predicted octanol–water partition coefficient (Wildman–Crippen LogP) is 1.58. The maximum atomic E-state index is 5.97. The minimum Gasteiger partial charge on any atom is -0.486 e. The fraction of sp³-hybridized carbons (Fsp3) is 0.571. The molecule has 0 bridgehead atoms. The van der Waals surface area contributed by atoms with E-state index < -0.39 is 0 Å². The minimum absolute atomic E-state index is 0.154. The van der Waals surface area contributed by atoms with Crippen LogP contribution >= 0.6 is 0 Å². The van der Waals surface area contributed by atoms with Crippen LogP contribution in [0.4, 0.5) is 0 Å². The zero-order valence-corrected chi connectivity index (χ0v) is 10.7. The molecule has 17 heavy (non-hydrogen) atoms. The molecule has 0 aromatic heterocycles. The van der Waals surface area contributed by atoms with Gasteiger partial charge in [0, 0.05) is 0 Å². The van der Waals surface area contributed by atoms with Crippen LogP contribution in [0.15, 0.2) is 24.3 Å². The Morgan fingerprint density at radius 3 is 2.88 bits per heavy atom. The van der Waals surface area contributed by atoms with Gasteiger partial charge < -0.3 is 14.8 Å². The molecule has 3 heteroatoms. The van der Waals surface area contributed by atoms with Crippen molar-refractivity contribution in [3.05, 3.63) is 24.3 Å². The summed E-state index contributed by atoms with van der Waals surface area (Å²) in [5.41, 5.74) is 0. The molecule has 0 aliphatic carbocycles. The van der Waals surface area contributed by atoms with Gasteiger partial charge in [-0.15, -0.1) is 0 Å². The molecule has 0 saturated carbocycles. The first kappa shape index (κ1) is 12.2. The SMILES string of the molecule is CCCC[NH2+][C@H](C)[C@H]1COc2ccccc2O1. The van der Waals surface area contributed by atoms with Gasteiger partial charge in [0.15, 0.2) is 17.6 Å². The molecule has 1 aromatic carbocycles. The predicted molar refractivity (Wildman–Crippen MR) is 67.5 cm³/mol. The lowest BCUT2D eigenvalue weighted by atomic mass is 10.1. The van der Waals surface area contributed by atoms with E-state index in [4.69, 9.17) is 9.47 Å². The van der Waals surface area contributed by atoms with Crippen LogP contribution in [0.3, 0.4) is 0 Å². The molecule has 2 atom stereocenters. The van der Waals surface area contributed by atoms with E-state index in [1.54, 1.807) is 0 Å². The van der Waals surface area contributed by atoms with Crippen LogP contribution in [0.1, 0.15) is 26.7 Å². The molecule has 2 rings (SSSR count). The first-order valence-corrected chi connectivity index (χ1v) is 6.53. The van der Waals surface area contributed by atoms with E-state index >= 15 is 0 Å². The Balaban J connectivity index is 1.88. The van der Waals surface area contributed by atoms with Crippen LogP contribution in [0.25, 0.3) is 0 Å². The lowest BCUT2D eigenvalue weighted by Gasteiger charge is -2.29. The maximum Gasteiger partial charge on any atom is 0.184 e. The molecule has 3 nitrogen and oxygen atoms in total. The highest BCUT2D eigenvalue weighted by Gasteiger charge is 2.27. The number of quaternary nitrogens is 1. The minimum atomic E-state index is 0.154. The van der Waals surface area contributed by atoms with E-state index in [9.17, 15) is 0 Å². The van der Waals surface area contributed by atoms with Crippen molar-refractivity contribution in [2.45, 2.75) is 38.8 Å². The zero-order valence-electron chi connectivity index (χ0n) is 10.7. The number of nitrogens with two attached hydrogens (primary N) is 1. The van der Waals surface area contributed by atoms with Gasteiger partial charge in [-0.1, -0.05) is 25.5 Å². The molecule has 0 radical (unpaired) electrons. The number of hydrogen-bond acceptors (Lipinski definition) is 2. The number of fused-ring (bicyclic) bond motifs is 1. The molecular weight excluding hydrogens is 214 g/mol. The summed E-state index contributed by atoms with van der Waals surface area (Å²) in [5.74, 6) is 1.74. The van der Waals surface area contributed by atoms with E-state index in [1.165, 1.54) is 19.4 Å². The van der Waals surface area contributed by atoms with Gasteiger partial charge in [0.2, 0.25) is 0 Å². The standard InChI is InChI=1S/C14H21NO2/c1-3-4-9-15-11(2)14-10-16-12-7-5-6-8-13(12)17-14/h5-8,11,14-15H,3-4,9-10H2,1-2H3/p+1/t11-,14-/m1/s1. The average molecular weight is 236 g/mol. The van der Waals surface area contributed by atoms with Crippen LogP contribution in [0, 0.1) is 0 Å². The fourth-order valence-corrected chi connectivity index (χ4v) is 2.03. The second-order valence-corrected chi connectivity index (χ2v) is 4.65. The summed E-state index contributed by atoms with van der Waals surface area (Å²) in [6, 6.07) is 8.32. The quantitative estimate of drug-likeness (QED) is 0.788. The number of benzene rings is 1. The molecule has 1 aliphatic rings. The monoisotopic (exact) mass is 236 g/mol. The van der Waals surface area contributed by atoms with Crippen molar-refractivity contribution in [3.8, 4) is 11.5 Å². The number of ether oxygens (including phenoxy) is 2. The molecule has 1 aromatic rings. The van der Waals surface area contributed by atoms with Crippen molar-refractivity contribution in [2.75, 3.05) is 13.2 Å². The Labute approximate surface area is 103 Å². The summed E-state index contributed by atoms with van der Waals surface area (Å²) in [6.07, 6.45) is 2.66. The highest BCUT2D eigenvalue weighted by atomic mass is 16.6. The van der Waals surface area contributed by atoms with Crippen molar-refractivity contribution in [1.82, 2.24) is 0 Å². The summed E-state index contributed by atoms with van der Waals surface area (Å²) in [7, 11) is 0. The first-order chi connectivity index (χ1) is 8.31. The number of unbranched alkanes of at least 4 members (excludes halogenated alkanes) is 1. The van der Waals surface area contributed by atoms with Crippen LogP contribution in [-0.2, 0) is 0 Å². The molecule has 94 valence electrons. The van der Waals surface area contributed by atoms with Crippen molar-refractivity contribution >= 4 is 0 Å². The van der Waals surface area contributed by atoms with Gasteiger partial charge in [-0.25, -0.2) is 0 Å². The smallest absolute Gasteiger partial charge is 0.184 e. The van der Waals surface area contributed by atoms with Gasteiger partial charge in [0.1, 0.15) is 12.6 Å². The van der Waals surface area contributed by atoms with E-state index in [0.717, 1.165) is 11.5 Å². The Bertz CT molecular complexity index is 354. The fourth-order valence-electron chi connectivity index (χ4n) is 2.03. The second-order valence-electron chi connectivity index (χ2n) is 4.65. The van der Waals surface area contributed by atoms with Gasteiger partial charge in [0.25, 0.3) is 0 Å². The molecule has 0 spiro atoms. The second kappa shape index (κ2) is 5.92. The van der Waals surface area contributed by atoms with Crippen molar-refractivity contribution in [3.63, 3.8) is 0 Å². The highest BCUT2D eigenvalue weighted by molar-refractivity contribution is 5.40. The van der Waals surface area contributed by atoms with Crippen molar-refractivity contribution < 1.29 is 14.8 Å². The Kier molecular flexibility index (Phi) is 4.26. The van der Waals surface area contributed by atoms with Crippen LogP contribution in [0.2, 0.25) is 0 Å². The van der Waals surface area contributed by atoms with Crippen molar-refractivity contribution in [1.29, 1.82) is 0 Å². The van der Waals surface area contributed by atoms with Crippen molar-refractivity contribution in [2.24, 2.45) is 0 Å². The molecule has 0 amide bonds. The van der Waals surface area contributed by atoms with E-state index in [-0.39, 0.29) is 6.10 Å². The third kappa shape index (κ3) is 3.13. The molecule has 0 unspecified atom stereocenters. The average Bonchev–Trinajstić information content (AvgIpc) is 2.38. The zero-order chi connectivity index (χ0) is 12.1. The van der Waals surface area contributed by atoms with E-state index in [1.807, 2.05) is 24.3 Å². The van der Waals surface area contributed by atoms with Gasteiger partial charge in [-0.2, -0.15) is 0 Å². The molecule has 1 heterocycles. The topological polar surface area (TPSA) is 35.1 Å². The Morgan fingerprint density at radius 2 is 2.12 bits per heavy atom. The number of hydrogen-bond donors (Lipinski definition) is 1. The summed E-state index contributed by atoms with van der Waals surface area (Å²) in [6.45, 7) is 6.24. The van der Waals surface area contributed by atoms with E-state index in [2.05, 4.69) is 19.2 Å². The Hall–Kier alpha value is -1.22. The summed E-state index contributed by atoms with van der Waals surface area (Å²) < 4.78 is 11.7. The molecule has 0 fully saturated rings. The number of para-hydroxylation sites is 2. The third-order valence-electron chi connectivity index (χ3n) is 3.21.